The average molecular weight is 407 g/mol. The van der Waals surface area contributed by atoms with Crippen LogP contribution < -0.4 is 10.1 Å². The van der Waals surface area contributed by atoms with Crippen LogP contribution in [-0.2, 0) is 11.0 Å². The number of anilines is 1. The number of ether oxygens (including phenoxy) is 1. The summed E-state index contributed by atoms with van der Waals surface area (Å²) in [5, 5.41) is 2.57. The van der Waals surface area contributed by atoms with E-state index < -0.39 is 17.3 Å². The lowest BCUT2D eigenvalue weighted by Gasteiger charge is -2.15. The number of aromatic nitrogens is 2. The van der Waals surface area contributed by atoms with E-state index in [-0.39, 0.29) is 16.4 Å². The van der Waals surface area contributed by atoms with Crippen molar-refractivity contribution in [3.05, 3.63) is 54.4 Å². The van der Waals surface area contributed by atoms with E-state index in [0.29, 0.717) is 16.8 Å². The largest absolute Gasteiger partial charge is 0.495 e. The lowest BCUT2D eigenvalue weighted by atomic mass is 10.2. The molecule has 9 heteroatoms. The molecule has 1 unspecified atom stereocenters. The zero-order valence-corrected chi connectivity index (χ0v) is 15.8. The highest BCUT2D eigenvalue weighted by molar-refractivity contribution is 8.00. The number of hydrogen-bond donors (Lipinski definition) is 1. The van der Waals surface area contributed by atoms with Gasteiger partial charge in [-0.25, -0.2) is 9.97 Å². The predicted octanol–water partition coefficient (Wildman–Crippen LogP) is 4.78. The highest BCUT2D eigenvalue weighted by Crippen LogP contribution is 2.34. The molecule has 0 bridgehead atoms. The van der Waals surface area contributed by atoms with Gasteiger partial charge in [0.1, 0.15) is 10.8 Å². The van der Waals surface area contributed by atoms with Crippen molar-refractivity contribution in [1.82, 2.24) is 9.97 Å². The molecule has 1 aromatic heterocycles. The summed E-state index contributed by atoms with van der Waals surface area (Å²) in [7, 11) is 1.48. The van der Waals surface area contributed by atoms with Crippen LogP contribution in [0.15, 0.2) is 53.6 Å². The smallest absolute Gasteiger partial charge is 0.451 e. The topological polar surface area (TPSA) is 64.1 Å². The van der Waals surface area contributed by atoms with Gasteiger partial charge in [-0.1, -0.05) is 42.1 Å². The number of halogens is 3. The van der Waals surface area contributed by atoms with Crippen molar-refractivity contribution in [2.45, 2.75) is 23.4 Å². The zero-order chi connectivity index (χ0) is 20.3. The fourth-order valence-corrected chi connectivity index (χ4v) is 3.41. The molecule has 28 heavy (non-hydrogen) atoms. The Morgan fingerprint density at radius 2 is 1.79 bits per heavy atom. The molecule has 1 N–H and O–H groups in total. The van der Waals surface area contributed by atoms with Gasteiger partial charge in [0.05, 0.1) is 23.6 Å². The van der Waals surface area contributed by atoms with Crippen molar-refractivity contribution >= 4 is 34.3 Å². The molecule has 0 saturated carbocycles. The molecule has 0 aliphatic heterocycles. The standard InChI is InChI=1S/C19H16F3N3O2S/c1-11(16(26)23-14-9-5-6-10-15(14)27-2)28-17-12-7-3-4-8-13(12)24-18(25-17)19(20,21)22/h3-11H,1-2H3,(H,23,26). The van der Waals surface area contributed by atoms with Crippen LogP contribution in [0.1, 0.15) is 12.7 Å². The van der Waals surface area contributed by atoms with E-state index in [4.69, 9.17) is 4.74 Å². The Morgan fingerprint density at radius 1 is 1.11 bits per heavy atom. The first-order chi connectivity index (χ1) is 13.3. The predicted molar refractivity (Wildman–Crippen MR) is 101 cm³/mol. The number of carbonyl (C=O) groups is 1. The molecule has 3 rings (SSSR count). The van der Waals surface area contributed by atoms with Gasteiger partial charge >= 0.3 is 6.18 Å². The van der Waals surface area contributed by atoms with Crippen LogP contribution in [0.3, 0.4) is 0 Å². The van der Waals surface area contributed by atoms with Crippen molar-refractivity contribution in [3.63, 3.8) is 0 Å². The Morgan fingerprint density at radius 3 is 2.50 bits per heavy atom. The SMILES string of the molecule is COc1ccccc1NC(=O)C(C)Sc1nc(C(F)(F)F)nc2ccccc12. The maximum Gasteiger partial charge on any atom is 0.451 e. The molecule has 0 radical (unpaired) electrons. The van der Waals surface area contributed by atoms with Gasteiger partial charge in [-0.3, -0.25) is 4.79 Å². The van der Waals surface area contributed by atoms with Gasteiger partial charge in [0.15, 0.2) is 0 Å². The van der Waals surface area contributed by atoms with Crippen LogP contribution in [0.25, 0.3) is 10.9 Å². The van der Waals surface area contributed by atoms with E-state index in [1.54, 1.807) is 49.4 Å². The molecular weight excluding hydrogens is 391 g/mol. The van der Waals surface area contributed by atoms with E-state index in [9.17, 15) is 18.0 Å². The van der Waals surface area contributed by atoms with E-state index in [0.717, 1.165) is 11.8 Å². The quantitative estimate of drug-likeness (QED) is 0.487. The van der Waals surface area contributed by atoms with Crippen molar-refractivity contribution < 1.29 is 22.7 Å². The number of para-hydroxylation sites is 3. The highest BCUT2D eigenvalue weighted by Gasteiger charge is 2.36. The third-order valence-corrected chi connectivity index (χ3v) is 4.95. The summed E-state index contributed by atoms with van der Waals surface area (Å²) in [5.74, 6) is -1.13. The first-order valence-corrected chi connectivity index (χ1v) is 9.12. The first kappa shape index (κ1) is 19.9. The lowest BCUT2D eigenvalue weighted by molar-refractivity contribution is -0.145. The lowest BCUT2D eigenvalue weighted by Crippen LogP contribution is -2.23. The van der Waals surface area contributed by atoms with E-state index >= 15 is 0 Å². The fourth-order valence-electron chi connectivity index (χ4n) is 2.47. The van der Waals surface area contributed by atoms with Gasteiger partial charge in [-0.15, -0.1) is 0 Å². The third kappa shape index (κ3) is 4.36. The van der Waals surface area contributed by atoms with Gasteiger partial charge in [0.25, 0.3) is 0 Å². The van der Waals surface area contributed by atoms with Crippen molar-refractivity contribution in [3.8, 4) is 5.75 Å². The summed E-state index contributed by atoms with van der Waals surface area (Å²) in [4.78, 5) is 19.8. The van der Waals surface area contributed by atoms with Crippen molar-refractivity contribution in [2.75, 3.05) is 12.4 Å². The zero-order valence-electron chi connectivity index (χ0n) is 14.9. The molecule has 1 heterocycles. The fraction of sp³-hybridized carbons (Fsp3) is 0.211. The number of methoxy groups -OCH3 is 1. The first-order valence-electron chi connectivity index (χ1n) is 8.24. The second-order valence-corrected chi connectivity index (χ2v) is 7.15. The molecular formula is C19H16F3N3O2S. The Hall–Kier alpha value is -2.81. The number of thioether (sulfide) groups is 1. The molecule has 0 aliphatic carbocycles. The maximum atomic E-state index is 13.1. The summed E-state index contributed by atoms with van der Waals surface area (Å²) in [6, 6.07) is 13.3. The highest BCUT2D eigenvalue weighted by atomic mass is 32.2. The van der Waals surface area contributed by atoms with E-state index in [1.807, 2.05) is 0 Å². The number of benzene rings is 2. The van der Waals surface area contributed by atoms with Gasteiger partial charge in [0, 0.05) is 5.39 Å². The molecule has 1 amide bonds. The minimum absolute atomic E-state index is 0.0978. The Kier molecular flexibility index (Phi) is 5.73. The van der Waals surface area contributed by atoms with Crippen LogP contribution in [0.2, 0.25) is 0 Å². The average Bonchev–Trinajstić information content (AvgIpc) is 2.67. The second-order valence-electron chi connectivity index (χ2n) is 5.82. The maximum absolute atomic E-state index is 13.1. The minimum Gasteiger partial charge on any atom is -0.495 e. The Labute approximate surface area is 163 Å². The van der Waals surface area contributed by atoms with Gasteiger partial charge in [0.2, 0.25) is 11.7 Å². The number of fused-ring (bicyclic) bond motifs is 1. The summed E-state index contributed by atoms with van der Waals surface area (Å²) in [6.45, 7) is 1.60. The molecule has 0 aliphatic rings. The monoisotopic (exact) mass is 407 g/mol. The number of hydrogen-bond acceptors (Lipinski definition) is 5. The van der Waals surface area contributed by atoms with Gasteiger partial charge in [-0.2, -0.15) is 13.2 Å². The summed E-state index contributed by atoms with van der Waals surface area (Å²) in [5.41, 5.74) is 0.649. The number of amides is 1. The van der Waals surface area contributed by atoms with Crippen LogP contribution in [-0.4, -0.2) is 28.2 Å². The molecule has 0 fully saturated rings. The number of nitrogens with zero attached hydrogens (tertiary/aromatic N) is 2. The van der Waals surface area contributed by atoms with Crippen molar-refractivity contribution in [1.29, 1.82) is 0 Å². The molecule has 3 aromatic rings. The molecule has 1 atom stereocenters. The Balaban J connectivity index is 1.88. The van der Waals surface area contributed by atoms with E-state index in [2.05, 4.69) is 15.3 Å². The summed E-state index contributed by atoms with van der Waals surface area (Å²) < 4.78 is 44.6. The van der Waals surface area contributed by atoms with E-state index in [1.165, 1.54) is 13.2 Å². The summed E-state index contributed by atoms with van der Waals surface area (Å²) in [6.07, 6.45) is -4.68. The molecule has 0 spiro atoms. The van der Waals surface area contributed by atoms with Gasteiger partial charge in [-0.05, 0) is 25.1 Å². The third-order valence-electron chi connectivity index (χ3n) is 3.84. The number of alkyl halides is 3. The number of nitrogens with one attached hydrogen (secondary N) is 1. The molecule has 0 saturated heterocycles. The van der Waals surface area contributed by atoms with Crippen LogP contribution in [0.4, 0.5) is 18.9 Å². The number of carbonyl (C=O) groups excluding carboxylic acids is 1. The van der Waals surface area contributed by atoms with Crippen LogP contribution >= 0.6 is 11.8 Å². The molecule has 5 nitrogen and oxygen atoms in total. The summed E-state index contributed by atoms with van der Waals surface area (Å²) >= 11 is 0.940. The molecule has 2 aromatic carbocycles. The van der Waals surface area contributed by atoms with Crippen LogP contribution in [0, 0.1) is 0 Å². The Bertz CT molecular complexity index is 1010. The van der Waals surface area contributed by atoms with Gasteiger partial charge < -0.3 is 10.1 Å². The van der Waals surface area contributed by atoms with Crippen LogP contribution in [0.5, 0.6) is 5.75 Å². The van der Waals surface area contributed by atoms with Crippen molar-refractivity contribution in [2.24, 2.45) is 0 Å². The second kappa shape index (κ2) is 8.05. The number of rotatable bonds is 5. The normalized spacial score (nSPS) is 12.6. The minimum atomic E-state index is -4.68. The molecule has 146 valence electrons.